The van der Waals surface area contributed by atoms with Crippen molar-refractivity contribution in [3.05, 3.63) is 38.4 Å². The van der Waals surface area contributed by atoms with Gasteiger partial charge in [-0.15, -0.1) is 0 Å². The van der Waals surface area contributed by atoms with Crippen LogP contribution in [0.5, 0.6) is 0 Å². The SMILES string of the molecule is CCNc1nc(-c2c(Cl)cccc2Cl)nc(CC)c1Br. The van der Waals surface area contributed by atoms with Gasteiger partial charge in [0.25, 0.3) is 0 Å². The van der Waals surface area contributed by atoms with Crippen LogP contribution in [0.1, 0.15) is 19.5 Å². The average molecular weight is 375 g/mol. The number of hydrogen-bond donors (Lipinski definition) is 1. The van der Waals surface area contributed by atoms with E-state index in [1.54, 1.807) is 18.2 Å². The summed E-state index contributed by atoms with van der Waals surface area (Å²) in [5.41, 5.74) is 1.58. The third kappa shape index (κ3) is 3.08. The van der Waals surface area contributed by atoms with Crippen LogP contribution in [0.4, 0.5) is 5.82 Å². The molecule has 20 heavy (non-hydrogen) atoms. The molecular weight excluding hydrogens is 361 g/mol. The number of rotatable bonds is 4. The zero-order valence-electron chi connectivity index (χ0n) is 11.2. The molecule has 0 spiro atoms. The van der Waals surface area contributed by atoms with E-state index in [-0.39, 0.29) is 0 Å². The van der Waals surface area contributed by atoms with Crippen molar-refractivity contribution < 1.29 is 0 Å². The van der Waals surface area contributed by atoms with Gasteiger partial charge >= 0.3 is 0 Å². The molecule has 0 fully saturated rings. The van der Waals surface area contributed by atoms with E-state index in [0.29, 0.717) is 21.4 Å². The zero-order chi connectivity index (χ0) is 14.7. The summed E-state index contributed by atoms with van der Waals surface area (Å²) < 4.78 is 0.883. The first kappa shape index (κ1) is 15.5. The first-order valence-electron chi connectivity index (χ1n) is 6.33. The standard InChI is InChI=1S/C14H14BrCl2N3/c1-3-10-12(15)14(18-4-2)20-13(19-10)11-8(16)6-5-7-9(11)17/h5-7H,3-4H2,1-2H3,(H,18,19,20). The molecule has 1 N–H and O–H groups in total. The second-order valence-electron chi connectivity index (χ2n) is 4.14. The van der Waals surface area contributed by atoms with Crippen molar-refractivity contribution in [2.75, 3.05) is 11.9 Å². The minimum atomic E-state index is 0.539. The molecule has 0 amide bonds. The number of nitrogens with one attached hydrogen (secondary N) is 1. The Morgan fingerprint density at radius 1 is 1.15 bits per heavy atom. The lowest BCUT2D eigenvalue weighted by Crippen LogP contribution is -2.06. The molecule has 0 unspecified atom stereocenters. The highest BCUT2D eigenvalue weighted by atomic mass is 79.9. The monoisotopic (exact) mass is 373 g/mol. The second kappa shape index (κ2) is 6.74. The quantitative estimate of drug-likeness (QED) is 0.798. The molecule has 0 saturated heterocycles. The molecule has 0 bridgehead atoms. The number of aromatic nitrogens is 2. The lowest BCUT2D eigenvalue weighted by atomic mass is 10.2. The molecule has 1 aromatic carbocycles. The summed E-state index contributed by atoms with van der Waals surface area (Å²) in [4.78, 5) is 9.08. The molecule has 3 nitrogen and oxygen atoms in total. The predicted molar refractivity (Wildman–Crippen MR) is 88.7 cm³/mol. The van der Waals surface area contributed by atoms with E-state index in [4.69, 9.17) is 23.2 Å². The van der Waals surface area contributed by atoms with E-state index < -0.39 is 0 Å². The van der Waals surface area contributed by atoms with Gasteiger partial charge in [-0.05, 0) is 41.4 Å². The van der Waals surface area contributed by atoms with Crippen molar-refractivity contribution in [3.63, 3.8) is 0 Å². The Kier molecular flexibility index (Phi) is 5.24. The molecule has 0 aliphatic rings. The highest BCUT2D eigenvalue weighted by molar-refractivity contribution is 9.10. The Morgan fingerprint density at radius 2 is 1.80 bits per heavy atom. The molecule has 2 aromatic rings. The van der Waals surface area contributed by atoms with Crippen LogP contribution in [-0.2, 0) is 6.42 Å². The van der Waals surface area contributed by atoms with Gasteiger partial charge in [-0.1, -0.05) is 36.2 Å². The first-order chi connectivity index (χ1) is 9.58. The summed E-state index contributed by atoms with van der Waals surface area (Å²) in [5.74, 6) is 1.29. The fraction of sp³-hybridized carbons (Fsp3) is 0.286. The zero-order valence-corrected chi connectivity index (χ0v) is 14.3. The second-order valence-corrected chi connectivity index (χ2v) is 5.74. The lowest BCUT2D eigenvalue weighted by Gasteiger charge is -2.12. The normalized spacial score (nSPS) is 10.7. The fourth-order valence-electron chi connectivity index (χ4n) is 1.84. The molecule has 0 radical (unpaired) electrons. The third-order valence-electron chi connectivity index (χ3n) is 2.79. The molecule has 0 aliphatic carbocycles. The minimum absolute atomic E-state index is 0.539. The maximum atomic E-state index is 6.23. The summed E-state index contributed by atoms with van der Waals surface area (Å²) in [6.45, 7) is 4.83. The van der Waals surface area contributed by atoms with Gasteiger partial charge in [0.1, 0.15) is 5.82 Å². The summed E-state index contributed by atoms with van der Waals surface area (Å²) in [5, 5.41) is 4.31. The smallest absolute Gasteiger partial charge is 0.164 e. The van der Waals surface area contributed by atoms with Crippen LogP contribution in [0.25, 0.3) is 11.4 Å². The lowest BCUT2D eigenvalue weighted by molar-refractivity contribution is 0.984. The van der Waals surface area contributed by atoms with E-state index in [1.165, 1.54) is 0 Å². The van der Waals surface area contributed by atoms with Crippen LogP contribution in [0.15, 0.2) is 22.7 Å². The Balaban J connectivity index is 2.65. The molecule has 0 aliphatic heterocycles. The van der Waals surface area contributed by atoms with E-state index in [0.717, 1.165) is 29.0 Å². The Bertz CT molecular complexity index is 612. The van der Waals surface area contributed by atoms with Crippen molar-refractivity contribution in [1.82, 2.24) is 9.97 Å². The number of aryl methyl sites for hydroxylation is 1. The van der Waals surface area contributed by atoms with Crippen LogP contribution in [0, 0.1) is 0 Å². The maximum absolute atomic E-state index is 6.23. The molecule has 6 heteroatoms. The number of anilines is 1. The van der Waals surface area contributed by atoms with Crippen LogP contribution < -0.4 is 5.32 Å². The first-order valence-corrected chi connectivity index (χ1v) is 7.88. The number of halogens is 3. The van der Waals surface area contributed by atoms with Crippen molar-refractivity contribution in [1.29, 1.82) is 0 Å². The summed E-state index contributed by atoms with van der Waals surface area (Å²) in [6.07, 6.45) is 0.788. The van der Waals surface area contributed by atoms with Crippen LogP contribution in [-0.4, -0.2) is 16.5 Å². The number of hydrogen-bond acceptors (Lipinski definition) is 3. The number of benzene rings is 1. The van der Waals surface area contributed by atoms with E-state index in [9.17, 15) is 0 Å². The van der Waals surface area contributed by atoms with E-state index >= 15 is 0 Å². The average Bonchev–Trinajstić information content (AvgIpc) is 2.42. The highest BCUT2D eigenvalue weighted by Gasteiger charge is 2.16. The summed E-state index contributed by atoms with van der Waals surface area (Å²) in [6, 6.07) is 5.37. The van der Waals surface area contributed by atoms with Crippen LogP contribution >= 0.6 is 39.1 Å². The minimum Gasteiger partial charge on any atom is -0.369 e. The van der Waals surface area contributed by atoms with Gasteiger partial charge in [0, 0.05) is 6.54 Å². The molecule has 2 rings (SSSR count). The Labute approximate surface area is 136 Å². The van der Waals surface area contributed by atoms with Gasteiger partial charge in [0.2, 0.25) is 0 Å². The summed E-state index contributed by atoms with van der Waals surface area (Å²) in [7, 11) is 0. The highest BCUT2D eigenvalue weighted by Crippen LogP contribution is 2.35. The molecule has 106 valence electrons. The summed E-state index contributed by atoms with van der Waals surface area (Å²) >= 11 is 16.0. The maximum Gasteiger partial charge on any atom is 0.164 e. The van der Waals surface area contributed by atoms with E-state index in [2.05, 4.69) is 31.2 Å². The van der Waals surface area contributed by atoms with Crippen LogP contribution in [0.2, 0.25) is 10.0 Å². The van der Waals surface area contributed by atoms with Crippen molar-refractivity contribution in [3.8, 4) is 11.4 Å². The van der Waals surface area contributed by atoms with Gasteiger partial charge in [-0.25, -0.2) is 9.97 Å². The van der Waals surface area contributed by atoms with E-state index in [1.807, 2.05) is 13.8 Å². The largest absolute Gasteiger partial charge is 0.369 e. The molecule has 0 saturated carbocycles. The van der Waals surface area contributed by atoms with Gasteiger partial charge in [0.05, 0.1) is 25.8 Å². The van der Waals surface area contributed by atoms with Gasteiger partial charge in [-0.3, -0.25) is 0 Å². The Hall–Kier alpha value is -0.840. The fourth-order valence-corrected chi connectivity index (χ4v) is 3.00. The predicted octanol–water partition coefficient (Wildman–Crippen LogP) is 5.21. The topological polar surface area (TPSA) is 37.8 Å². The van der Waals surface area contributed by atoms with Crippen molar-refractivity contribution >= 4 is 44.9 Å². The van der Waals surface area contributed by atoms with Crippen LogP contribution in [0.3, 0.4) is 0 Å². The molecule has 0 atom stereocenters. The van der Waals surface area contributed by atoms with Crippen molar-refractivity contribution in [2.24, 2.45) is 0 Å². The van der Waals surface area contributed by atoms with Gasteiger partial charge < -0.3 is 5.32 Å². The Morgan fingerprint density at radius 3 is 2.35 bits per heavy atom. The molecular formula is C14H14BrCl2N3. The van der Waals surface area contributed by atoms with Crippen molar-refractivity contribution in [2.45, 2.75) is 20.3 Å². The van der Waals surface area contributed by atoms with Gasteiger partial charge in [-0.2, -0.15) is 0 Å². The van der Waals surface area contributed by atoms with Gasteiger partial charge in [0.15, 0.2) is 5.82 Å². The molecule has 1 aromatic heterocycles. The molecule has 1 heterocycles. The third-order valence-corrected chi connectivity index (χ3v) is 4.25. The number of nitrogens with zero attached hydrogens (tertiary/aromatic N) is 2.